The Labute approximate surface area is 206 Å². The number of fused-ring (bicyclic) bond motifs is 2. The topological polar surface area (TPSA) is 90.6 Å². The summed E-state index contributed by atoms with van der Waals surface area (Å²) in [6.07, 6.45) is 8.47. The van der Waals surface area contributed by atoms with Crippen LogP contribution in [0.1, 0.15) is 66.1 Å². The van der Waals surface area contributed by atoms with Gasteiger partial charge in [-0.1, -0.05) is 11.2 Å². The van der Waals surface area contributed by atoms with Crippen molar-refractivity contribution in [1.82, 2.24) is 15.1 Å². The Morgan fingerprint density at radius 2 is 1.75 bits per heavy atom. The minimum atomic E-state index is -0.670. The summed E-state index contributed by atoms with van der Waals surface area (Å²) in [6, 6.07) is 4.21. The molecule has 10 heteroatoms. The van der Waals surface area contributed by atoms with Crippen molar-refractivity contribution in [3.05, 3.63) is 59.1 Å². The third-order valence-electron chi connectivity index (χ3n) is 7.41. The SMILES string of the molecule is COC(=O)c1cnc(N2C3CC[C@H]2CC(OCc2c(-c4c(F)cccc4F)noc2C2CC2)C3)nc1. The van der Waals surface area contributed by atoms with E-state index >= 15 is 0 Å². The van der Waals surface area contributed by atoms with E-state index in [4.69, 9.17) is 14.0 Å². The second kappa shape index (κ2) is 9.24. The van der Waals surface area contributed by atoms with Gasteiger partial charge in [-0.05, 0) is 50.7 Å². The van der Waals surface area contributed by atoms with Crippen molar-refractivity contribution in [2.75, 3.05) is 12.0 Å². The van der Waals surface area contributed by atoms with E-state index in [0.29, 0.717) is 22.8 Å². The molecule has 36 heavy (non-hydrogen) atoms. The van der Waals surface area contributed by atoms with Crippen LogP contribution in [-0.4, -0.2) is 46.4 Å². The largest absolute Gasteiger partial charge is 0.465 e. The zero-order valence-corrected chi connectivity index (χ0v) is 19.8. The van der Waals surface area contributed by atoms with Gasteiger partial charge >= 0.3 is 5.97 Å². The first-order valence-electron chi connectivity index (χ1n) is 12.3. The Morgan fingerprint density at radius 3 is 2.36 bits per heavy atom. The molecule has 0 spiro atoms. The Bertz CT molecular complexity index is 1240. The fourth-order valence-corrected chi connectivity index (χ4v) is 5.52. The van der Waals surface area contributed by atoms with E-state index in [1.54, 1.807) is 0 Å². The maximum absolute atomic E-state index is 14.5. The molecule has 1 aliphatic carbocycles. The first-order valence-corrected chi connectivity index (χ1v) is 12.3. The number of ether oxygens (including phenoxy) is 2. The molecule has 188 valence electrons. The minimum absolute atomic E-state index is 0.0200. The van der Waals surface area contributed by atoms with Gasteiger partial charge in [-0.15, -0.1) is 0 Å². The summed E-state index contributed by atoms with van der Waals surface area (Å²) in [6.45, 7) is 0.187. The Morgan fingerprint density at radius 1 is 1.08 bits per heavy atom. The molecule has 0 amide bonds. The van der Waals surface area contributed by atoms with Crippen LogP contribution in [0.5, 0.6) is 0 Å². The van der Waals surface area contributed by atoms with Gasteiger partial charge in [-0.25, -0.2) is 23.5 Å². The van der Waals surface area contributed by atoms with Gasteiger partial charge < -0.3 is 18.9 Å². The second-order valence-electron chi connectivity index (χ2n) is 9.70. The van der Waals surface area contributed by atoms with E-state index in [2.05, 4.69) is 20.0 Å². The lowest BCUT2D eigenvalue weighted by atomic mass is 9.99. The van der Waals surface area contributed by atoms with Crippen molar-refractivity contribution < 1.29 is 27.6 Å². The normalized spacial score (nSPS) is 23.2. The molecular weight excluding hydrogens is 470 g/mol. The number of benzene rings is 1. The van der Waals surface area contributed by atoms with Gasteiger partial charge in [0.1, 0.15) is 23.1 Å². The average molecular weight is 497 g/mol. The summed E-state index contributed by atoms with van der Waals surface area (Å²) in [4.78, 5) is 22.7. The molecular formula is C26H26F2N4O4. The van der Waals surface area contributed by atoms with E-state index < -0.39 is 17.6 Å². The molecule has 3 aromatic rings. The number of carbonyl (C=O) groups is 1. The number of rotatable bonds is 7. The highest BCUT2D eigenvalue weighted by atomic mass is 19.1. The van der Waals surface area contributed by atoms with Gasteiger partial charge in [-0.3, -0.25) is 0 Å². The molecule has 4 heterocycles. The Hall–Kier alpha value is -3.40. The number of piperidine rings is 1. The maximum atomic E-state index is 14.5. The Kier molecular flexibility index (Phi) is 5.91. The number of aromatic nitrogens is 3. The third-order valence-corrected chi connectivity index (χ3v) is 7.41. The van der Waals surface area contributed by atoms with Crippen LogP contribution in [-0.2, 0) is 16.1 Å². The van der Waals surface area contributed by atoms with Crippen LogP contribution >= 0.6 is 0 Å². The quantitative estimate of drug-likeness (QED) is 0.431. The van der Waals surface area contributed by atoms with Gasteiger partial charge in [0.15, 0.2) is 0 Å². The number of methoxy groups -OCH3 is 1. The summed E-state index contributed by atoms with van der Waals surface area (Å²) in [5.41, 5.74) is 0.966. The van der Waals surface area contributed by atoms with Crippen LogP contribution in [0, 0.1) is 11.6 Å². The van der Waals surface area contributed by atoms with E-state index in [1.165, 1.54) is 37.7 Å². The molecule has 1 saturated carbocycles. The predicted octanol–water partition coefficient (Wildman–Crippen LogP) is 4.79. The van der Waals surface area contributed by atoms with Gasteiger partial charge in [0.05, 0.1) is 30.9 Å². The maximum Gasteiger partial charge on any atom is 0.341 e. The second-order valence-corrected chi connectivity index (χ2v) is 9.70. The average Bonchev–Trinajstić information content (AvgIpc) is 3.59. The standard InChI is InChI=1S/C26H26F2N4O4/c1-34-25(33)15-11-29-26(30-12-15)32-16-7-8-17(32)10-18(9-16)35-13-19-23(31-36-24(19)14-5-6-14)22-20(27)3-2-4-21(22)28/h2-4,11-12,14,16-18H,5-10,13H2,1H3/t16-,17?,18?/m0/s1. The van der Waals surface area contributed by atoms with Gasteiger partial charge in [-0.2, -0.15) is 0 Å². The van der Waals surface area contributed by atoms with Crippen LogP contribution in [0.15, 0.2) is 35.1 Å². The molecule has 3 aliphatic rings. The molecule has 0 radical (unpaired) electrons. The van der Waals surface area contributed by atoms with Gasteiger partial charge in [0, 0.05) is 36.0 Å². The predicted molar refractivity (Wildman–Crippen MR) is 124 cm³/mol. The Balaban J connectivity index is 1.18. The van der Waals surface area contributed by atoms with E-state index in [0.717, 1.165) is 38.5 Å². The molecule has 2 saturated heterocycles. The minimum Gasteiger partial charge on any atom is -0.465 e. The van der Waals surface area contributed by atoms with Crippen LogP contribution in [0.25, 0.3) is 11.3 Å². The highest BCUT2D eigenvalue weighted by molar-refractivity contribution is 5.88. The summed E-state index contributed by atoms with van der Waals surface area (Å²) >= 11 is 0. The van der Waals surface area contributed by atoms with Crippen LogP contribution in [0.3, 0.4) is 0 Å². The molecule has 3 fully saturated rings. The lowest BCUT2D eigenvalue weighted by Gasteiger charge is -2.38. The van der Waals surface area contributed by atoms with Crippen molar-refractivity contribution in [2.24, 2.45) is 0 Å². The van der Waals surface area contributed by atoms with Crippen molar-refractivity contribution >= 4 is 11.9 Å². The highest BCUT2D eigenvalue weighted by Crippen LogP contribution is 2.45. The summed E-state index contributed by atoms with van der Waals surface area (Å²) < 4.78 is 45.7. The number of carbonyl (C=O) groups excluding carboxylic acids is 1. The number of anilines is 1. The fourth-order valence-electron chi connectivity index (χ4n) is 5.52. The molecule has 8 nitrogen and oxygen atoms in total. The lowest BCUT2D eigenvalue weighted by molar-refractivity contribution is 0.0144. The van der Waals surface area contributed by atoms with Gasteiger partial charge in [0.2, 0.25) is 5.95 Å². The number of esters is 1. The highest BCUT2D eigenvalue weighted by Gasteiger charge is 2.43. The summed E-state index contributed by atoms with van der Waals surface area (Å²) in [5.74, 6) is -0.311. The van der Waals surface area contributed by atoms with Crippen molar-refractivity contribution in [3.63, 3.8) is 0 Å². The third kappa shape index (κ3) is 4.13. The molecule has 3 atom stereocenters. The van der Waals surface area contributed by atoms with E-state index in [1.807, 2.05) is 0 Å². The lowest BCUT2D eigenvalue weighted by Crippen LogP contribution is -2.46. The summed E-state index contributed by atoms with van der Waals surface area (Å²) in [7, 11) is 1.32. The summed E-state index contributed by atoms with van der Waals surface area (Å²) in [5, 5.41) is 4.06. The fraction of sp³-hybridized carbons (Fsp3) is 0.462. The zero-order valence-electron chi connectivity index (χ0n) is 19.8. The van der Waals surface area contributed by atoms with Crippen LogP contribution in [0.4, 0.5) is 14.7 Å². The first kappa shape index (κ1) is 23.0. The number of hydrogen-bond donors (Lipinski definition) is 0. The van der Waals surface area contributed by atoms with Crippen LogP contribution < -0.4 is 4.90 Å². The van der Waals surface area contributed by atoms with Crippen LogP contribution in [0.2, 0.25) is 0 Å². The van der Waals surface area contributed by atoms with E-state index in [-0.39, 0.29) is 42.0 Å². The smallest absolute Gasteiger partial charge is 0.341 e. The first-order chi connectivity index (χ1) is 17.5. The molecule has 2 aliphatic heterocycles. The molecule has 2 unspecified atom stereocenters. The number of halogens is 2. The van der Waals surface area contributed by atoms with Crippen molar-refractivity contribution in [1.29, 1.82) is 0 Å². The van der Waals surface area contributed by atoms with Crippen molar-refractivity contribution in [2.45, 2.75) is 69.2 Å². The molecule has 6 rings (SSSR count). The molecule has 2 bridgehead atoms. The molecule has 1 aromatic carbocycles. The van der Waals surface area contributed by atoms with E-state index in [9.17, 15) is 13.6 Å². The number of hydrogen-bond acceptors (Lipinski definition) is 8. The monoisotopic (exact) mass is 496 g/mol. The van der Waals surface area contributed by atoms with Gasteiger partial charge in [0.25, 0.3) is 0 Å². The number of nitrogens with zero attached hydrogens (tertiary/aromatic N) is 4. The molecule has 2 aromatic heterocycles. The molecule has 0 N–H and O–H groups in total. The van der Waals surface area contributed by atoms with Crippen molar-refractivity contribution in [3.8, 4) is 11.3 Å². The zero-order chi connectivity index (χ0) is 24.8.